The maximum absolute atomic E-state index is 12.0. The van der Waals surface area contributed by atoms with Crippen molar-refractivity contribution in [3.8, 4) is 5.75 Å². The summed E-state index contributed by atoms with van der Waals surface area (Å²) in [4.78, 5) is 20.7. The van der Waals surface area contributed by atoms with Crippen LogP contribution in [-0.2, 0) is 17.9 Å². The molecular formula is C23H34IN5O2. The number of likely N-dealkylation sites (N-methyl/N-ethyl adjacent to an activating group) is 1. The Labute approximate surface area is 202 Å². The Bertz CT molecular complexity index is 840. The molecule has 0 fully saturated rings. The van der Waals surface area contributed by atoms with E-state index in [9.17, 15) is 4.79 Å². The molecule has 0 aliphatic heterocycles. The average Bonchev–Trinajstić information content (AvgIpc) is 2.71. The number of hydrogen-bond donors (Lipinski definition) is 2. The van der Waals surface area contributed by atoms with Gasteiger partial charge in [-0.2, -0.15) is 0 Å². The number of carbonyl (C=O) groups excluding carboxylic acids is 1. The molecule has 0 saturated heterocycles. The summed E-state index contributed by atoms with van der Waals surface area (Å²) >= 11 is 0. The van der Waals surface area contributed by atoms with Crippen molar-refractivity contribution in [1.29, 1.82) is 0 Å². The van der Waals surface area contributed by atoms with Crippen LogP contribution in [0.4, 0.5) is 5.69 Å². The van der Waals surface area contributed by atoms with Crippen LogP contribution in [-0.4, -0.2) is 63.0 Å². The zero-order valence-corrected chi connectivity index (χ0v) is 21.3. The van der Waals surface area contributed by atoms with Gasteiger partial charge in [-0.1, -0.05) is 24.3 Å². The minimum atomic E-state index is -0.0341. The van der Waals surface area contributed by atoms with Gasteiger partial charge in [-0.3, -0.25) is 4.79 Å². The van der Waals surface area contributed by atoms with E-state index in [1.54, 1.807) is 7.11 Å². The molecular weight excluding hydrogens is 505 g/mol. The Morgan fingerprint density at radius 3 is 2.39 bits per heavy atom. The molecule has 2 aromatic carbocycles. The monoisotopic (exact) mass is 539 g/mol. The Hall–Kier alpha value is -2.33. The van der Waals surface area contributed by atoms with Crippen LogP contribution >= 0.6 is 24.0 Å². The van der Waals surface area contributed by atoms with E-state index in [2.05, 4.69) is 34.6 Å². The third kappa shape index (κ3) is 9.56. The van der Waals surface area contributed by atoms with Crippen LogP contribution in [0.15, 0.2) is 53.5 Å². The summed E-state index contributed by atoms with van der Waals surface area (Å²) in [7, 11) is 7.42. The summed E-state index contributed by atoms with van der Waals surface area (Å²) in [5.41, 5.74) is 2.99. The number of amides is 1. The lowest BCUT2D eigenvalue weighted by molar-refractivity contribution is -0.116. The number of aliphatic imine (C=N–C) groups is 1. The first-order valence-electron chi connectivity index (χ1n) is 10.1. The third-order valence-corrected chi connectivity index (χ3v) is 4.36. The normalized spacial score (nSPS) is 11.0. The molecule has 0 aromatic heterocycles. The second-order valence-corrected chi connectivity index (χ2v) is 7.36. The maximum Gasteiger partial charge on any atom is 0.238 e. The van der Waals surface area contributed by atoms with Crippen molar-refractivity contribution in [2.75, 3.05) is 46.7 Å². The molecule has 0 aliphatic rings. The fourth-order valence-corrected chi connectivity index (χ4v) is 2.95. The van der Waals surface area contributed by atoms with Gasteiger partial charge in [0.05, 0.1) is 20.2 Å². The summed E-state index contributed by atoms with van der Waals surface area (Å²) in [6.45, 7) is 4.44. The zero-order valence-electron chi connectivity index (χ0n) is 19.0. The lowest BCUT2D eigenvalue weighted by Gasteiger charge is -2.22. The van der Waals surface area contributed by atoms with Gasteiger partial charge in [0, 0.05) is 25.8 Å². The van der Waals surface area contributed by atoms with E-state index < -0.39 is 0 Å². The molecule has 2 N–H and O–H groups in total. The van der Waals surface area contributed by atoms with Crippen LogP contribution in [0.3, 0.4) is 0 Å². The molecule has 170 valence electrons. The van der Waals surface area contributed by atoms with Crippen molar-refractivity contribution in [1.82, 2.24) is 15.1 Å². The largest absolute Gasteiger partial charge is 0.497 e. The van der Waals surface area contributed by atoms with Gasteiger partial charge in [0.25, 0.3) is 0 Å². The number of benzene rings is 2. The smallest absolute Gasteiger partial charge is 0.238 e. The quantitative estimate of drug-likeness (QED) is 0.291. The molecule has 7 nitrogen and oxygen atoms in total. The van der Waals surface area contributed by atoms with Gasteiger partial charge in [-0.05, 0) is 56.4 Å². The molecule has 0 saturated carbocycles. The van der Waals surface area contributed by atoms with Crippen LogP contribution in [0.2, 0.25) is 0 Å². The minimum absolute atomic E-state index is 0. The molecule has 0 atom stereocenters. The van der Waals surface area contributed by atoms with Gasteiger partial charge >= 0.3 is 0 Å². The summed E-state index contributed by atoms with van der Waals surface area (Å²) in [5, 5.41) is 6.27. The van der Waals surface area contributed by atoms with E-state index in [1.807, 2.05) is 62.4 Å². The highest BCUT2D eigenvalue weighted by molar-refractivity contribution is 14.0. The fourth-order valence-electron chi connectivity index (χ4n) is 2.95. The average molecular weight is 539 g/mol. The van der Waals surface area contributed by atoms with E-state index in [0.29, 0.717) is 13.1 Å². The van der Waals surface area contributed by atoms with Gasteiger partial charge in [-0.25, -0.2) is 4.99 Å². The lowest BCUT2D eigenvalue weighted by atomic mass is 10.2. The van der Waals surface area contributed by atoms with Crippen LogP contribution in [0.5, 0.6) is 5.75 Å². The highest BCUT2D eigenvalue weighted by Gasteiger charge is 2.08. The highest BCUT2D eigenvalue weighted by atomic mass is 127. The number of halogens is 1. The van der Waals surface area contributed by atoms with Crippen LogP contribution in [0, 0.1) is 0 Å². The summed E-state index contributed by atoms with van der Waals surface area (Å²) in [6.07, 6.45) is 0. The van der Waals surface area contributed by atoms with Gasteiger partial charge in [0.15, 0.2) is 5.96 Å². The molecule has 0 radical (unpaired) electrons. The standard InChI is InChI=1S/C23H33N5O2.HI/c1-6-24-23(28(4)16-18-10-12-21(30-5)13-11-18)25-15-19-8-7-9-20(14-19)26-22(29)17-27(2)3;/h7-14H,6,15-17H2,1-5H3,(H,24,25)(H,26,29);1H. The van der Waals surface area contributed by atoms with E-state index in [4.69, 9.17) is 9.73 Å². The molecule has 0 heterocycles. The Balaban J connectivity index is 0.00000480. The van der Waals surface area contributed by atoms with Crippen molar-refractivity contribution in [2.45, 2.75) is 20.0 Å². The predicted octanol–water partition coefficient (Wildman–Crippen LogP) is 3.41. The molecule has 2 aromatic rings. The number of ether oxygens (including phenoxy) is 1. The topological polar surface area (TPSA) is 69.2 Å². The number of carbonyl (C=O) groups is 1. The van der Waals surface area contributed by atoms with Crippen molar-refractivity contribution >= 4 is 41.5 Å². The summed E-state index contributed by atoms with van der Waals surface area (Å²) in [6, 6.07) is 15.8. The first-order chi connectivity index (χ1) is 14.4. The van der Waals surface area contributed by atoms with Gasteiger partial charge in [0.2, 0.25) is 5.91 Å². The number of nitrogens with one attached hydrogen (secondary N) is 2. The lowest BCUT2D eigenvalue weighted by Crippen LogP contribution is -2.38. The van der Waals surface area contributed by atoms with E-state index in [0.717, 1.165) is 36.0 Å². The first kappa shape index (κ1) is 26.7. The van der Waals surface area contributed by atoms with Crippen molar-refractivity contribution in [3.63, 3.8) is 0 Å². The fraction of sp³-hybridized carbons (Fsp3) is 0.391. The molecule has 1 amide bonds. The molecule has 0 unspecified atom stereocenters. The molecule has 0 spiro atoms. The molecule has 0 aliphatic carbocycles. The van der Waals surface area contributed by atoms with Crippen LogP contribution in [0.25, 0.3) is 0 Å². The van der Waals surface area contributed by atoms with Crippen molar-refractivity contribution in [3.05, 3.63) is 59.7 Å². The third-order valence-electron chi connectivity index (χ3n) is 4.36. The Kier molecular flexibility index (Phi) is 11.9. The second-order valence-electron chi connectivity index (χ2n) is 7.36. The van der Waals surface area contributed by atoms with Crippen LogP contribution in [0.1, 0.15) is 18.1 Å². The first-order valence-corrected chi connectivity index (χ1v) is 10.1. The molecule has 0 bridgehead atoms. The Morgan fingerprint density at radius 1 is 1.06 bits per heavy atom. The van der Waals surface area contributed by atoms with Crippen molar-refractivity contribution < 1.29 is 9.53 Å². The number of hydrogen-bond acceptors (Lipinski definition) is 4. The number of methoxy groups -OCH3 is 1. The number of anilines is 1. The maximum atomic E-state index is 12.0. The molecule has 2 rings (SSSR count). The zero-order chi connectivity index (χ0) is 21.9. The van der Waals surface area contributed by atoms with E-state index >= 15 is 0 Å². The minimum Gasteiger partial charge on any atom is -0.497 e. The molecule has 31 heavy (non-hydrogen) atoms. The van der Waals surface area contributed by atoms with E-state index in [1.165, 1.54) is 5.56 Å². The van der Waals surface area contributed by atoms with Crippen molar-refractivity contribution in [2.24, 2.45) is 4.99 Å². The van der Waals surface area contributed by atoms with Crippen LogP contribution < -0.4 is 15.4 Å². The molecule has 8 heteroatoms. The van der Waals surface area contributed by atoms with E-state index in [-0.39, 0.29) is 29.9 Å². The van der Waals surface area contributed by atoms with Gasteiger partial charge in [0.1, 0.15) is 5.75 Å². The highest BCUT2D eigenvalue weighted by Crippen LogP contribution is 2.14. The Morgan fingerprint density at radius 2 is 1.77 bits per heavy atom. The number of guanidine groups is 1. The SMILES string of the molecule is CCNC(=NCc1cccc(NC(=O)CN(C)C)c1)N(C)Cc1ccc(OC)cc1.I. The number of nitrogens with zero attached hydrogens (tertiary/aromatic N) is 3. The summed E-state index contributed by atoms with van der Waals surface area (Å²) in [5.74, 6) is 1.64. The predicted molar refractivity (Wildman–Crippen MR) is 138 cm³/mol. The number of rotatable bonds is 9. The van der Waals surface area contributed by atoms with Gasteiger partial charge in [-0.15, -0.1) is 24.0 Å². The summed E-state index contributed by atoms with van der Waals surface area (Å²) < 4.78 is 5.22. The van der Waals surface area contributed by atoms with Gasteiger partial charge < -0.3 is 25.2 Å². The second kappa shape index (κ2) is 13.9.